The van der Waals surface area contributed by atoms with Gasteiger partial charge in [-0.25, -0.2) is 4.98 Å². The Bertz CT molecular complexity index is 1190. The van der Waals surface area contributed by atoms with Crippen molar-refractivity contribution >= 4 is 45.6 Å². The zero-order valence-corrected chi connectivity index (χ0v) is 20.0. The molecule has 5 rings (SSSR count). The van der Waals surface area contributed by atoms with Crippen molar-refractivity contribution in [2.45, 2.75) is 25.7 Å². The van der Waals surface area contributed by atoms with E-state index in [1.54, 1.807) is 12.1 Å². The first-order valence-corrected chi connectivity index (χ1v) is 12.3. The van der Waals surface area contributed by atoms with Crippen LogP contribution >= 0.6 is 22.9 Å². The van der Waals surface area contributed by atoms with Crippen LogP contribution in [-0.4, -0.2) is 47.9 Å². The number of para-hydroxylation sites is 1. The van der Waals surface area contributed by atoms with Crippen LogP contribution in [0.3, 0.4) is 0 Å². The lowest BCUT2D eigenvalue weighted by Crippen LogP contribution is -2.50. The van der Waals surface area contributed by atoms with Gasteiger partial charge in [0.05, 0.1) is 22.3 Å². The number of benzene rings is 2. The number of nitrogens with zero attached hydrogens (tertiary/aromatic N) is 3. The number of rotatable bonds is 4. The molecule has 2 aromatic carbocycles. The van der Waals surface area contributed by atoms with Crippen molar-refractivity contribution in [2.75, 3.05) is 36.4 Å². The highest BCUT2D eigenvalue weighted by Crippen LogP contribution is 2.39. The molecule has 8 heteroatoms. The van der Waals surface area contributed by atoms with Crippen LogP contribution < -0.4 is 10.2 Å². The summed E-state index contributed by atoms with van der Waals surface area (Å²) in [6.45, 7) is 4.82. The molecular formula is C25H25ClN4O2S. The lowest BCUT2D eigenvalue weighted by molar-refractivity contribution is -0.133. The van der Waals surface area contributed by atoms with Gasteiger partial charge in [-0.2, -0.15) is 0 Å². The maximum atomic E-state index is 13.3. The number of piperazine rings is 1. The molecule has 0 bridgehead atoms. The van der Waals surface area contributed by atoms with Crippen molar-refractivity contribution < 1.29 is 9.59 Å². The number of anilines is 2. The average molecular weight is 481 g/mol. The fourth-order valence-corrected chi connectivity index (χ4v) is 5.78. The third-order valence-electron chi connectivity index (χ3n) is 6.33. The summed E-state index contributed by atoms with van der Waals surface area (Å²) in [5.74, 6) is -0.275. The van der Waals surface area contributed by atoms with E-state index in [4.69, 9.17) is 11.6 Å². The van der Waals surface area contributed by atoms with E-state index in [1.165, 1.54) is 11.3 Å². The standard InChI is InChI=1S/C25H25ClN4O2S/c1-16-6-8-17(9-7-16)23(31)28-25-27-22-18(10-11-21(22)33-25)24(32)30-14-12-29(13-15-30)20-5-3-2-4-19(20)26/h2-9,18H,10-15H2,1H3,(H,27,28,31). The normalized spacial score (nSPS) is 17.7. The molecule has 2 amide bonds. The predicted octanol–water partition coefficient (Wildman–Crippen LogP) is 4.74. The molecule has 1 fully saturated rings. The zero-order chi connectivity index (χ0) is 22.9. The van der Waals surface area contributed by atoms with Crippen LogP contribution in [0.1, 0.15) is 38.8 Å². The number of halogens is 1. The average Bonchev–Trinajstić information content (AvgIpc) is 3.40. The quantitative estimate of drug-likeness (QED) is 0.586. The Morgan fingerprint density at radius 3 is 2.52 bits per heavy atom. The van der Waals surface area contributed by atoms with Crippen LogP contribution in [0.5, 0.6) is 0 Å². The summed E-state index contributed by atoms with van der Waals surface area (Å²) in [4.78, 5) is 35.8. The molecule has 1 atom stereocenters. The Morgan fingerprint density at radius 2 is 1.79 bits per heavy atom. The number of nitrogens with one attached hydrogen (secondary N) is 1. The van der Waals surface area contributed by atoms with E-state index in [0.29, 0.717) is 23.8 Å². The summed E-state index contributed by atoms with van der Waals surface area (Å²) in [5.41, 5.74) is 3.55. The van der Waals surface area contributed by atoms with Crippen LogP contribution in [0.25, 0.3) is 0 Å². The molecule has 170 valence electrons. The van der Waals surface area contributed by atoms with Gasteiger partial charge >= 0.3 is 0 Å². The second-order valence-electron chi connectivity index (χ2n) is 8.50. The number of hydrogen-bond acceptors (Lipinski definition) is 5. The largest absolute Gasteiger partial charge is 0.367 e. The van der Waals surface area contributed by atoms with Crippen molar-refractivity contribution in [2.24, 2.45) is 0 Å². The van der Waals surface area contributed by atoms with Crippen molar-refractivity contribution in [3.05, 3.63) is 75.3 Å². The van der Waals surface area contributed by atoms with Gasteiger partial charge < -0.3 is 9.80 Å². The van der Waals surface area contributed by atoms with E-state index in [0.717, 1.165) is 52.8 Å². The fourth-order valence-electron chi connectivity index (χ4n) is 4.49. The van der Waals surface area contributed by atoms with Gasteiger partial charge in [0.25, 0.3) is 5.91 Å². The maximum Gasteiger partial charge on any atom is 0.257 e. The van der Waals surface area contributed by atoms with Crippen LogP contribution in [-0.2, 0) is 11.2 Å². The van der Waals surface area contributed by atoms with Crippen LogP contribution in [0.4, 0.5) is 10.8 Å². The van der Waals surface area contributed by atoms with Gasteiger partial charge in [-0.05, 0) is 44.0 Å². The number of carbonyl (C=O) groups excluding carboxylic acids is 2. The number of hydrogen-bond donors (Lipinski definition) is 1. The maximum absolute atomic E-state index is 13.3. The summed E-state index contributed by atoms with van der Waals surface area (Å²) in [5, 5.41) is 4.20. The lowest BCUT2D eigenvalue weighted by Gasteiger charge is -2.37. The molecule has 1 aliphatic carbocycles. The van der Waals surface area contributed by atoms with E-state index in [9.17, 15) is 9.59 Å². The van der Waals surface area contributed by atoms with Gasteiger partial charge in [-0.3, -0.25) is 14.9 Å². The molecule has 3 aromatic rings. The Labute approximate surface area is 202 Å². The Morgan fingerprint density at radius 1 is 1.06 bits per heavy atom. The topological polar surface area (TPSA) is 65.5 Å². The monoisotopic (exact) mass is 480 g/mol. The summed E-state index contributed by atoms with van der Waals surface area (Å²) >= 11 is 7.82. The molecule has 1 saturated heterocycles. The van der Waals surface area contributed by atoms with Gasteiger partial charge in [0.15, 0.2) is 5.13 Å². The molecule has 2 heterocycles. The molecule has 0 radical (unpaired) electrons. The predicted molar refractivity (Wildman–Crippen MR) is 133 cm³/mol. The SMILES string of the molecule is Cc1ccc(C(=O)Nc2nc3c(s2)CCC3C(=O)N2CCN(c3ccccc3Cl)CC2)cc1. The first-order chi connectivity index (χ1) is 16.0. The van der Waals surface area contributed by atoms with Gasteiger partial charge in [-0.15, -0.1) is 11.3 Å². The molecule has 0 spiro atoms. The summed E-state index contributed by atoms with van der Waals surface area (Å²) in [6, 6.07) is 15.3. The zero-order valence-electron chi connectivity index (χ0n) is 18.4. The molecule has 1 aromatic heterocycles. The first-order valence-electron chi connectivity index (χ1n) is 11.2. The number of fused-ring (bicyclic) bond motifs is 1. The summed E-state index contributed by atoms with van der Waals surface area (Å²) in [7, 11) is 0. The minimum atomic E-state index is -0.229. The highest BCUT2D eigenvalue weighted by Gasteiger charge is 2.36. The van der Waals surface area contributed by atoms with E-state index < -0.39 is 0 Å². The van der Waals surface area contributed by atoms with Gasteiger partial charge in [0.1, 0.15) is 0 Å². The smallest absolute Gasteiger partial charge is 0.257 e. The van der Waals surface area contributed by atoms with E-state index in [2.05, 4.69) is 15.2 Å². The minimum Gasteiger partial charge on any atom is -0.367 e. The van der Waals surface area contributed by atoms with Gasteiger partial charge in [-0.1, -0.05) is 41.4 Å². The van der Waals surface area contributed by atoms with Crippen molar-refractivity contribution in [1.29, 1.82) is 0 Å². The molecule has 0 saturated carbocycles. The van der Waals surface area contributed by atoms with E-state index >= 15 is 0 Å². The molecule has 1 unspecified atom stereocenters. The summed E-state index contributed by atoms with van der Waals surface area (Å²) < 4.78 is 0. The number of aromatic nitrogens is 1. The number of thiazole rings is 1. The Hall–Kier alpha value is -2.90. The van der Waals surface area contributed by atoms with Crippen LogP contribution in [0, 0.1) is 6.92 Å². The molecule has 33 heavy (non-hydrogen) atoms. The van der Waals surface area contributed by atoms with Gasteiger partial charge in [0, 0.05) is 36.6 Å². The molecule has 1 N–H and O–H groups in total. The highest BCUT2D eigenvalue weighted by molar-refractivity contribution is 7.16. The highest BCUT2D eigenvalue weighted by atomic mass is 35.5. The number of carbonyl (C=O) groups is 2. The van der Waals surface area contributed by atoms with Gasteiger partial charge in [0.2, 0.25) is 5.91 Å². The molecular weight excluding hydrogens is 456 g/mol. The Kier molecular flexibility index (Phi) is 6.08. The van der Waals surface area contributed by atoms with Crippen molar-refractivity contribution in [3.63, 3.8) is 0 Å². The van der Waals surface area contributed by atoms with E-state index in [1.807, 2.05) is 48.2 Å². The van der Waals surface area contributed by atoms with Crippen molar-refractivity contribution in [1.82, 2.24) is 9.88 Å². The minimum absolute atomic E-state index is 0.134. The third kappa shape index (κ3) is 4.48. The van der Waals surface area contributed by atoms with E-state index in [-0.39, 0.29) is 17.7 Å². The van der Waals surface area contributed by atoms with Crippen LogP contribution in [0.2, 0.25) is 5.02 Å². The second-order valence-corrected chi connectivity index (χ2v) is 9.99. The fraction of sp³-hybridized carbons (Fsp3) is 0.320. The van der Waals surface area contributed by atoms with Crippen LogP contribution in [0.15, 0.2) is 48.5 Å². The molecule has 1 aliphatic heterocycles. The Balaban J connectivity index is 1.23. The lowest BCUT2D eigenvalue weighted by atomic mass is 10.1. The third-order valence-corrected chi connectivity index (χ3v) is 7.70. The molecule has 2 aliphatic rings. The number of amides is 2. The second kappa shape index (κ2) is 9.15. The van der Waals surface area contributed by atoms with Crippen molar-refractivity contribution in [3.8, 4) is 0 Å². The summed E-state index contributed by atoms with van der Waals surface area (Å²) in [6.07, 6.45) is 1.60. The molecule has 6 nitrogen and oxygen atoms in total. The number of aryl methyl sites for hydroxylation is 2. The first kappa shape index (κ1) is 21.9.